The third kappa shape index (κ3) is 2.63. The van der Waals surface area contributed by atoms with Crippen molar-refractivity contribution in [3.05, 3.63) is 40.2 Å². The number of nitrogens with zero attached hydrogens (tertiary/aromatic N) is 1. The zero-order valence-corrected chi connectivity index (χ0v) is 11.0. The number of nitrogens with one attached hydrogen (secondary N) is 1. The van der Waals surface area contributed by atoms with E-state index < -0.39 is 0 Å². The van der Waals surface area contributed by atoms with Gasteiger partial charge in [-0.2, -0.15) is 0 Å². The molecular formula is C15H19N3O. The van der Waals surface area contributed by atoms with Crippen LogP contribution in [0.15, 0.2) is 29.1 Å². The number of anilines is 1. The van der Waals surface area contributed by atoms with E-state index in [4.69, 9.17) is 5.73 Å². The van der Waals surface area contributed by atoms with Crippen molar-refractivity contribution in [3.63, 3.8) is 0 Å². The maximum absolute atomic E-state index is 12.1. The fourth-order valence-corrected chi connectivity index (χ4v) is 2.76. The standard InChI is InChI=1S/C15H19N3O/c16-11-4-5-14-13(8-11)15(19)9-12(17-14)10-18-6-2-1-3-7-18/h4-5,8-9H,1-3,6-7,10,16H2,(H,17,19). The minimum Gasteiger partial charge on any atom is -0.399 e. The minimum absolute atomic E-state index is 0.0491. The fourth-order valence-electron chi connectivity index (χ4n) is 2.76. The summed E-state index contributed by atoms with van der Waals surface area (Å²) in [5.41, 5.74) is 8.25. The SMILES string of the molecule is Nc1ccc2[nH]c(CN3CCCCC3)cc(=O)c2c1. The lowest BCUT2D eigenvalue weighted by molar-refractivity contribution is 0.218. The van der Waals surface area contributed by atoms with Crippen LogP contribution in [-0.4, -0.2) is 23.0 Å². The van der Waals surface area contributed by atoms with E-state index >= 15 is 0 Å². The summed E-state index contributed by atoms with van der Waals surface area (Å²) in [5.74, 6) is 0. The van der Waals surface area contributed by atoms with Gasteiger partial charge in [0.15, 0.2) is 5.43 Å². The van der Waals surface area contributed by atoms with Crippen LogP contribution in [0.3, 0.4) is 0 Å². The van der Waals surface area contributed by atoms with Gasteiger partial charge in [0.1, 0.15) is 0 Å². The van der Waals surface area contributed by atoms with Gasteiger partial charge < -0.3 is 10.7 Å². The predicted molar refractivity (Wildman–Crippen MR) is 78.1 cm³/mol. The summed E-state index contributed by atoms with van der Waals surface area (Å²) in [4.78, 5) is 17.8. The number of pyridine rings is 1. The number of benzene rings is 1. The zero-order chi connectivity index (χ0) is 13.2. The van der Waals surface area contributed by atoms with Crippen molar-refractivity contribution in [3.8, 4) is 0 Å². The van der Waals surface area contributed by atoms with Gasteiger partial charge in [0, 0.05) is 34.9 Å². The number of nitrogen functional groups attached to an aromatic ring is 1. The lowest BCUT2D eigenvalue weighted by Crippen LogP contribution is -2.29. The van der Waals surface area contributed by atoms with Crippen molar-refractivity contribution in [2.75, 3.05) is 18.8 Å². The molecule has 3 N–H and O–H groups in total. The summed E-state index contributed by atoms with van der Waals surface area (Å²) in [6.45, 7) is 3.08. The Morgan fingerprint density at radius 1 is 1.16 bits per heavy atom. The van der Waals surface area contributed by atoms with Crippen molar-refractivity contribution < 1.29 is 0 Å². The maximum atomic E-state index is 12.1. The monoisotopic (exact) mass is 257 g/mol. The van der Waals surface area contributed by atoms with E-state index in [1.807, 2.05) is 12.1 Å². The molecule has 0 radical (unpaired) electrons. The topological polar surface area (TPSA) is 62.1 Å². The van der Waals surface area contributed by atoms with E-state index in [2.05, 4.69) is 9.88 Å². The number of nitrogens with two attached hydrogens (primary N) is 1. The molecule has 1 aromatic carbocycles. The number of likely N-dealkylation sites (tertiary alicyclic amines) is 1. The van der Waals surface area contributed by atoms with Crippen molar-refractivity contribution in [1.29, 1.82) is 0 Å². The zero-order valence-electron chi connectivity index (χ0n) is 11.0. The lowest BCUT2D eigenvalue weighted by atomic mass is 10.1. The molecule has 0 spiro atoms. The summed E-state index contributed by atoms with van der Waals surface area (Å²) in [6, 6.07) is 7.14. The molecule has 2 heterocycles. The number of aromatic amines is 1. The third-order valence-electron chi connectivity index (χ3n) is 3.75. The number of rotatable bonds is 2. The molecule has 0 unspecified atom stereocenters. The lowest BCUT2D eigenvalue weighted by Gasteiger charge is -2.26. The Kier molecular flexibility index (Phi) is 3.25. The van der Waals surface area contributed by atoms with Gasteiger partial charge >= 0.3 is 0 Å². The van der Waals surface area contributed by atoms with E-state index in [-0.39, 0.29) is 5.43 Å². The van der Waals surface area contributed by atoms with Gasteiger partial charge in [0.25, 0.3) is 0 Å². The van der Waals surface area contributed by atoms with Gasteiger partial charge in [-0.25, -0.2) is 0 Å². The first-order valence-corrected chi connectivity index (χ1v) is 6.86. The van der Waals surface area contributed by atoms with Gasteiger partial charge in [-0.3, -0.25) is 9.69 Å². The number of H-pyrrole nitrogens is 1. The summed E-state index contributed by atoms with van der Waals surface area (Å²) >= 11 is 0. The van der Waals surface area contributed by atoms with Gasteiger partial charge in [-0.1, -0.05) is 6.42 Å². The molecule has 1 saturated heterocycles. The number of piperidine rings is 1. The molecule has 0 aliphatic carbocycles. The summed E-state index contributed by atoms with van der Waals surface area (Å²) in [5, 5.41) is 0.669. The Bertz CT molecular complexity index is 641. The van der Waals surface area contributed by atoms with Crippen LogP contribution in [0.2, 0.25) is 0 Å². The molecule has 0 amide bonds. The second-order valence-electron chi connectivity index (χ2n) is 5.30. The fraction of sp³-hybridized carbons (Fsp3) is 0.400. The largest absolute Gasteiger partial charge is 0.399 e. The Balaban J connectivity index is 1.92. The molecule has 0 saturated carbocycles. The molecule has 0 atom stereocenters. The summed E-state index contributed by atoms with van der Waals surface area (Å²) in [6.07, 6.45) is 3.84. The number of aromatic nitrogens is 1. The molecule has 4 heteroatoms. The van der Waals surface area contributed by atoms with Crippen LogP contribution in [0.25, 0.3) is 10.9 Å². The molecule has 2 aromatic rings. The molecule has 1 fully saturated rings. The molecule has 1 aliphatic heterocycles. The summed E-state index contributed by atoms with van der Waals surface area (Å²) in [7, 11) is 0. The highest BCUT2D eigenvalue weighted by Gasteiger charge is 2.11. The highest BCUT2D eigenvalue weighted by Crippen LogP contribution is 2.15. The number of hydrogen-bond donors (Lipinski definition) is 2. The second kappa shape index (κ2) is 5.05. The van der Waals surface area contributed by atoms with E-state index in [1.165, 1.54) is 19.3 Å². The van der Waals surface area contributed by atoms with E-state index in [1.54, 1.807) is 12.1 Å². The molecule has 19 heavy (non-hydrogen) atoms. The Hall–Kier alpha value is -1.81. The number of fused-ring (bicyclic) bond motifs is 1. The molecule has 1 aromatic heterocycles. The first kappa shape index (κ1) is 12.2. The van der Waals surface area contributed by atoms with Crippen LogP contribution >= 0.6 is 0 Å². The Labute approximate surface area is 112 Å². The van der Waals surface area contributed by atoms with Gasteiger partial charge in [0.05, 0.1) is 0 Å². The van der Waals surface area contributed by atoms with Crippen LogP contribution in [0, 0.1) is 0 Å². The van der Waals surface area contributed by atoms with Gasteiger partial charge in [-0.05, 0) is 44.1 Å². The quantitative estimate of drug-likeness (QED) is 0.810. The van der Waals surface area contributed by atoms with Gasteiger partial charge in [-0.15, -0.1) is 0 Å². The molecule has 100 valence electrons. The molecular weight excluding hydrogens is 238 g/mol. The average Bonchev–Trinajstić information content (AvgIpc) is 2.41. The first-order chi connectivity index (χ1) is 9.22. The molecule has 1 aliphatic rings. The van der Waals surface area contributed by atoms with Crippen LogP contribution in [0.4, 0.5) is 5.69 Å². The Morgan fingerprint density at radius 2 is 1.95 bits per heavy atom. The minimum atomic E-state index is 0.0491. The third-order valence-corrected chi connectivity index (χ3v) is 3.75. The van der Waals surface area contributed by atoms with Crippen molar-refractivity contribution in [2.24, 2.45) is 0 Å². The summed E-state index contributed by atoms with van der Waals surface area (Å²) < 4.78 is 0. The van der Waals surface area contributed by atoms with Crippen molar-refractivity contribution in [1.82, 2.24) is 9.88 Å². The average molecular weight is 257 g/mol. The van der Waals surface area contributed by atoms with E-state index in [0.29, 0.717) is 11.1 Å². The highest BCUT2D eigenvalue weighted by molar-refractivity contribution is 5.81. The van der Waals surface area contributed by atoms with Crippen molar-refractivity contribution >= 4 is 16.6 Å². The van der Waals surface area contributed by atoms with Crippen LogP contribution in [0.1, 0.15) is 25.0 Å². The van der Waals surface area contributed by atoms with Gasteiger partial charge in [0.2, 0.25) is 0 Å². The van der Waals surface area contributed by atoms with Crippen LogP contribution in [-0.2, 0) is 6.54 Å². The van der Waals surface area contributed by atoms with Crippen LogP contribution in [0.5, 0.6) is 0 Å². The molecule has 0 bridgehead atoms. The second-order valence-corrected chi connectivity index (χ2v) is 5.30. The van der Waals surface area contributed by atoms with Crippen LogP contribution < -0.4 is 11.2 Å². The predicted octanol–water partition coefficient (Wildman–Crippen LogP) is 2.10. The maximum Gasteiger partial charge on any atom is 0.189 e. The number of hydrogen-bond acceptors (Lipinski definition) is 3. The van der Waals surface area contributed by atoms with E-state index in [9.17, 15) is 4.79 Å². The molecule has 4 nitrogen and oxygen atoms in total. The normalized spacial score (nSPS) is 16.8. The van der Waals surface area contributed by atoms with E-state index in [0.717, 1.165) is 30.8 Å². The van der Waals surface area contributed by atoms with Crippen molar-refractivity contribution in [2.45, 2.75) is 25.8 Å². The smallest absolute Gasteiger partial charge is 0.189 e. The molecule has 3 rings (SSSR count). The highest BCUT2D eigenvalue weighted by atomic mass is 16.1. The first-order valence-electron chi connectivity index (χ1n) is 6.86. The Morgan fingerprint density at radius 3 is 2.74 bits per heavy atom.